The van der Waals surface area contributed by atoms with Gasteiger partial charge in [-0.25, -0.2) is 13.9 Å². The molecule has 3 unspecified atom stereocenters. The minimum absolute atomic E-state index is 0.0223. The Morgan fingerprint density at radius 1 is 0.740 bits per heavy atom. The zero-order valence-electron chi connectivity index (χ0n) is 42.5. The van der Waals surface area contributed by atoms with E-state index < -0.39 is 89.8 Å². The molecule has 1 aliphatic heterocycles. The van der Waals surface area contributed by atoms with Gasteiger partial charge in [0.2, 0.25) is 0 Å². The van der Waals surface area contributed by atoms with Gasteiger partial charge in [-0.1, -0.05) is 137 Å². The average molecular weight is 1070 g/mol. The number of nitrogens with two attached hydrogens (primary N) is 1. The Morgan fingerprint density at radius 2 is 1.32 bits per heavy atom. The topological polar surface area (TPSA) is 286 Å². The fourth-order valence-electron chi connectivity index (χ4n) is 6.82. The van der Waals surface area contributed by atoms with Crippen LogP contribution in [0.3, 0.4) is 0 Å². The molecule has 2 rings (SSSR count). The molecule has 2 heterocycles. The van der Waals surface area contributed by atoms with Gasteiger partial charge in [0.25, 0.3) is 0 Å². The fourth-order valence-corrected chi connectivity index (χ4v) is 8.93. The Hall–Kier alpha value is -4.36. The molecule has 0 amide bonds. The summed E-state index contributed by atoms with van der Waals surface area (Å²) in [6.07, 6.45) is 39.4. The number of carbonyl (C=O) groups is 2. The fraction of sp³-hybridized carbons (Fsp3) is 0.577. The summed E-state index contributed by atoms with van der Waals surface area (Å²) in [5.74, 6) is -1.55. The lowest BCUT2D eigenvalue weighted by Crippen LogP contribution is -2.36. The maximum atomic E-state index is 12.9. The first kappa shape index (κ1) is 64.8. The van der Waals surface area contributed by atoms with Gasteiger partial charge in [-0.15, -0.1) is 0 Å². The van der Waals surface area contributed by atoms with Gasteiger partial charge in [0.1, 0.15) is 30.7 Å². The van der Waals surface area contributed by atoms with Crippen molar-refractivity contribution in [2.45, 2.75) is 173 Å². The Kier molecular flexibility index (Phi) is 34.7. The standard InChI is InChI=1S/C52H81N3O16P2/c1-3-5-7-9-11-13-15-17-18-19-20-22-24-26-28-30-32-36-48(58)69-44(40-66-47(57)37-33-35-43(56)34-31-29-27-25-23-21-16-14-12-10-8-6-4-2)41-67-72(62,63)71-73(64,65)68-42-45-49(59)50(60)51(70-45)55-39-38-46(53)54-52(55)61/h6,8,11-14,17-18,20-23,27,29,31,34,38-39,43-45,49-51,56,59-60H,3-5,7,9-10,15-16,19,24-26,28,30,32-33,35-37,40-42H2,1-2H3,(H,62,63)(H,64,65)(H2,53,54,61)/b8-6-,13-11-,14-12-,18-17-,22-20-,23-21-,29-27-,34-31+/t43?,44-,45-,49-,50-,51-/m1/s1. The van der Waals surface area contributed by atoms with Crippen LogP contribution >= 0.6 is 15.6 Å². The molecule has 0 bridgehead atoms. The first-order chi connectivity index (χ1) is 35.1. The summed E-state index contributed by atoms with van der Waals surface area (Å²) >= 11 is 0. The van der Waals surface area contributed by atoms with Crippen LogP contribution in [0.1, 0.15) is 142 Å². The van der Waals surface area contributed by atoms with Crippen molar-refractivity contribution in [3.8, 4) is 0 Å². The van der Waals surface area contributed by atoms with Gasteiger partial charge in [0.15, 0.2) is 12.3 Å². The van der Waals surface area contributed by atoms with Crippen molar-refractivity contribution in [3.63, 3.8) is 0 Å². The number of nitrogens with zero attached hydrogens (tertiary/aromatic N) is 2. The van der Waals surface area contributed by atoms with Crippen molar-refractivity contribution < 1.29 is 71.4 Å². The molecule has 7 N–H and O–H groups in total. The van der Waals surface area contributed by atoms with Gasteiger partial charge in [0.05, 0.1) is 19.3 Å². The molecular formula is C52H81N3O16P2. The molecule has 1 aromatic heterocycles. The third-order valence-corrected chi connectivity index (χ3v) is 13.4. The first-order valence-corrected chi connectivity index (χ1v) is 28.3. The number of rotatable bonds is 40. The summed E-state index contributed by atoms with van der Waals surface area (Å²) < 4.78 is 56.6. The van der Waals surface area contributed by atoms with E-state index in [1.807, 2.05) is 18.2 Å². The second-order valence-corrected chi connectivity index (χ2v) is 20.2. The van der Waals surface area contributed by atoms with Crippen LogP contribution in [-0.4, -0.2) is 96.9 Å². The molecule has 0 saturated carbocycles. The summed E-state index contributed by atoms with van der Waals surface area (Å²) in [4.78, 5) is 61.9. The molecule has 0 aliphatic carbocycles. The van der Waals surface area contributed by atoms with E-state index in [1.54, 1.807) is 12.2 Å². The smallest absolute Gasteiger partial charge is 0.462 e. The predicted molar refractivity (Wildman–Crippen MR) is 281 cm³/mol. The van der Waals surface area contributed by atoms with Crippen molar-refractivity contribution in [3.05, 3.63) is 120 Å². The SMILES string of the molecule is CC/C=C\C/C=C\C/C=C\C/C=C\C=C\C(O)CCCC(=O)OC[C@H](COP(=O)(O)OP(=O)(O)OC[C@H]1O[C@@H](n2ccc(N)nc2=O)[C@H](O)[C@@H]1O)OC(=O)CCCCCC/C=C\C/C=C\C/C=C\CCCCC. The van der Waals surface area contributed by atoms with Crippen LogP contribution in [0.4, 0.5) is 5.82 Å². The highest BCUT2D eigenvalue weighted by molar-refractivity contribution is 7.61. The number of phosphoric ester groups is 2. The van der Waals surface area contributed by atoms with Gasteiger partial charge in [-0.2, -0.15) is 9.29 Å². The van der Waals surface area contributed by atoms with Gasteiger partial charge < -0.3 is 45.1 Å². The predicted octanol–water partition coefficient (Wildman–Crippen LogP) is 9.41. The molecule has 1 aromatic rings. The number of nitrogen functional groups attached to an aromatic ring is 1. The second-order valence-electron chi connectivity index (χ2n) is 17.1. The summed E-state index contributed by atoms with van der Waals surface area (Å²) in [7, 11) is -10.9. The van der Waals surface area contributed by atoms with Crippen molar-refractivity contribution in [2.75, 3.05) is 25.6 Å². The summed E-state index contributed by atoms with van der Waals surface area (Å²) in [6, 6.07) is 1.23. The maximum Gasteiger partial charge on any atom is 0.481 e. The number of aliphatic hydroxyl groups is 3. The highest BCUT2D eigenvalue weighted by Gasteiger charge is 2.46. The number of esters is 2. The third-order valence-electron chi connectivity index (χ3n) is 10.8. The number of hydrogen-bond acceptors (Lipinski definition) is 16. The average Bonchev–Trinajstić information content (AvgIpc) is 3.62. The van der Waals surface area contributed by atoms with Crippen LogP contribution in [0.5, 0.6) is 0 Å². The lowest BCUT2D eigenvalue weighted by molar-refractivity contribution is -0.161. The van der Waals surface area contributed by atoms with Crippen LogP contribution in [0, 0.1) is 0 Å². The van der Waals surface area contributed by atoms with Gasteiger partial charge >= 0.3 is 33.3 Å². The number of ether oxygens (including phenoxy) is 3. The van der Waals surface area contributed by atoms with Gasteiger partial charge in [-0.05, 0) is 89.5 Å². The van der Waals surface area contributed by atoms with E-state index >= 15 is 0 Å². The van der Waals surface area contributed by atoms with Crippen molar-refractivity contribution in [2.24, 2.45) is 0 Å². The van der Waals surface area contributed by atoms with Crippen LogP contribution in [0.25, 0.3) is 0 Å². The number of aromatic nitrogens is 2. The number of carbonyl (C=O) groups excluding carboxylic acids is 2. The van der Waals surface area contributed by atoms with E-state index in [-0.39, 0.29) is 31.5 Å². The normalized spacial score (nSPS) is 20.2. The lowest BCUT2D eigenvalue weighted by Gasteiger charge is -2.21. The molecule has 1 saturated heterocycles. The van der Waals surface area contributed by atoms with Crippen molar-refractivity contribution in [1.82, 2.24) is 9.55 Å². The monoisotopic (exact) mass is 1070 g/mol. The van der Waals surface area contributed by atoms with Crippen LogP contribution in [0.15, 0.2) is 114 Å². The molecule has 1 aliphatic rings. The number of anilines is 1. The largest absolute Gasteiger partial charge is 0.481 e. The zero-order valence-corrected chi connectivity index (χ0v) is 44.3. The summed E-state index contributed by atoms with van der Waals surface area (Å²) in [6.45, 7) is 1.78. The third kappa shape index (κ3) is 31.9. The molecule has 0 aromatic carbocycles. The quantitative estimate of drug-likeness (QED) is 0.0117. The van der Waals surface area contributed by atoms with Crippen molar-refractivity contribution >= 4 is 33.4 Å². The van der Waals surface area contributed by atoms with Crippen LogP contribution in [0.2, 0.25) is 0 Å². The summed E-state index contributed by atoms with van der Waals surface area (Å²) in [5, 5.41) is 31.3. The molecule has 1 fully saturated rings. The molecule has 8 atom stereocenters. The molecule has 410 valence electrons. The second kappa shape index (κ2) is 39.1. The van der Waals surface area contributed by atoms with E-state index in [0.29, 0.717) is 6.42 Å². The minimum atomic E-state index is -5.48. The Bertz CT molecular complexity index is 2120. The zero-order chi connectivity index (χ0) is 53.6. The van der Waals surface area contributed by atoms with Crippen LogP contribution in [-0.2, 0) is 46.3 Å². The Morgan fingerprint density at radius 3 is 1.95 bits per heavy atom. The molecule has 0 radical (unpaired) electrons. The Balaban J connectivity index is 1.87. The minimum Gasteiger partial charge on any atom is -0.462 e. The highest BCUT2D eigenvalue weighted by Crippen LogP contribution is 2.60. The lowest BCUT2D eigenvalue weighted by atomic mass is 10.1. The number of phosphoric acid groups is 2. The number of hydrogen-bond donors (Lipinski definition) is 6. The van der Waals surface area contributed by atoms with E-state index in [2.05, 4.69) is 90.0 Å². The Labute approximate surface area is 431 Å². The van der Waals surface area contributed by atoms with Crippen molar-refractivity contribution in [1.29, 1.82) is 0 Å². The van der Waals surface area contributed by atoms with E-state index in [9.17, 15) is 48.6 Å². The number of allylic oxidation sites excluding steroid dienone is 15. The maximum absolute atomic E-state index is 12.9. The van der Waals surface area contributed by atoms with Gasteiger partial charge in [0, 0.05) is 19.0 Å². The van der Waals surface area contributed by atoms with Crippen LogP contribution < -0.4 is 11.4 Å². The van der Waals surface area contributed by atoms with E-state index in [1.165, 1.54) is 25.3 Å². The number of aliphatic hydroxyl groups excluding tert-OH is 3. The molecule has 19 nitrogen and oxygen atoms in total. The molecular weight excluding hydrogens is 985 g/mol. The van der Waals surface area contributed by atoms with E-state index in [0.717, 1.165) is 81.4 Å². The van der Waals surface area contributed by atoms with Gasteiger partial charge in [-0.3, -0.25) is 23.2 Å². The molecule has 0 spiro atoms. The molecule has 21 heteroatoms. The molecule has 73 heavy (non-hydrogen) atoms. The highest BCUT2D eigenvalue weighted by atomic mass is 31.3. The first-order valence-electron chi connectivity index (χ1n) is 25.4. The number of unbranched alkanes of at least 4 members (excludes halogenated alkanes) is 7. The summed E-state index contributed by atoms with van der Waals surface area (Å²) in [5.41, 5.74) is 4.57. The van der Waals surface area contributed by atoms with E-state index in [4.69, 9.17) is 29.0 Å².